The van der Waals surface area contributed by atoms with E-state index in [0.29, 0.717) is 35.0 Å². The fourth-order valence-electron chi connectivity index (χ4n) is 3.50. The first-order chi connectivity index (χ1) is 16.7. The monoisotopic (exact) mass is 489 g/mol. The van der Waals surface area contributed by atoms with E-state index in [1.54, 1.807) is 23.2 Å². The van der Waals surface area contributed by atoms with E-state index in [1.807, 2.05) is 0 Å². The van der Waals surface area contributed by atoms with E-state index in [4.69, 9.17) is 9.26 Å². The van der Waals surface area contributed by atoms with Gasteiger partial charge in [0.25, 0.3) is 0 Å². The standard InChI is InChI=1S/C23H16F5N5O2/c24-17-3-1-2-16(21(17)25)22-30-19-9-29-33(11-20(19)31-22)10-15-8-18(32-35-15)13-4-6-14(7-5-13)34-12-23(26,27)28/h1-9H,10-12H2,(H,30,31). The minimum absolute atomic E-state index is 0.0223. The summed E-state index contributed by atoms with van der Waals surface area (Å²) in [5.74, 6) is -1.17. The first kappa shape index (κ1) is 22.6. The zero-order valence-electron chi connectivity index (χ0n) is 17.8. The third-order valence-electron chi connectivity index (χ3n) is 5.15. The van der Waals surface area contributed by atoms with Gasteiger partial charge in [0.2, 0.25) is 0 Å². The van der Waals surface area contributed by atoms with Gasteiger partial charge in [-0.3, -0.25) is 5.01 Å². The van der Waals surface area contributed by atoms with Crippen molar-refractivity contribution in [1.29, 1.82) is 0 Å². The number of hydrogen-bond acceptors (Lipinski definition) is 6. The Kier molecular flexibility index (Phi) is 5.71. The van der Waals surface area contributed by atoms with Crippen LogP contribution in [0.2, 0.25) is 0 Å². The number of nitrogens with one attached hydrogen (secondary N) is 1. The summed E-state index contributed by atoms with van der Waals surface area (Å²) in [4.78, 5) is 7.33. The van der Waals surface area contributed by atoms with Gasteiger partial charge < -0.3 is 14.2 Å². The summed E-state index contributed by atoms with van der Waals surface area (Å²) >= 11 is 0. The van der Waals surface area contributed by atoms with Crippen LogP contribution in [0.5, 0.6) is 5.75 Å². The first-order valence-corrected chi connectivity index (χ1v) is 10.3. The molecular weight excluding hydrogens is 473 g/mol. The molecule has 0 radical (unpaired) electrons. The normalized spacial score (nSPS) is 13.2. The molecule has 3 heterocycles. The van der Waals surface area contributed by atoms with E-state index >= 15 is 0 Å². The van der Waals surface area contributed by atoms with E-state index in [1.165, 1.54) is 30.5 Å². The average molecular weight is 489 g/mol. The van der Waals surface area contributed by atoms with Crippen LogP contribution in [0.15, 0.2) is 58.2 Å². The van der Waals surface area contributed by atoms with Gasteiger partial charge in [0.15, 0.2) is 24.0 Å². The summed E-state index contributed by atoms with van der Waals surface area (Å²) in [6.45, 7) is -0.819. The number of imidazole rings is 1. The predicted molar refractivity (Wildman–Crippen MR) is 114 cm³/mol. The molecule has 0 atom stereocenters. The van der Waals surface area contributed by atoms with Crippen LogP contribution in [-0.2, 0) is 13.1 Å². The minimum atomic E-state index is -4.41. The van der Waals surface area contributed by atoms with E-state index in [9.17, 15) is 22.0 Å². The van der Waals surface area contributed by atoms with Crippen molar-refractivity contribution in [2.45, 2.75) is 19.3 Å². The molecule has 0 saturated carbocycles. The van der Waals surface area contributed by atoms with Gasteiger partial charge in [-0.15, -0.1) is 0 Å². The molecule has 0 spiro atoms. The Bertz CT molecular complexity index is 1380. The van der Waals surface area contributed by atoms with Crippen molar-refractivity contribution < 1.29 is 31.2 Å². The van der Waals surface area contributed by atoms with Gasteiger partial charge in [-0.25, -0.2) is 13.8 Å². The Hall–Kier alpha value is -4.22. The lowest BCUT2D eigenvalue weighted by Gasteiger charge is -2.19. The number of alkyl halides is 3. The molecule has 12 heteroatoms. The molecule has 0 aliphatic carbocycles. The number of nitrogens with zero attached hydrogens (tertiary/aromatic N) is 4. The first-order valence-electron chi connectivity index (χ1n) is 10.3. The highest BCUT2D eigenvalue weighted by Crippen LogP contribution is 2.27. The fraction of sp³-hybridized carbons (Fsp3) is 0.174. The molecule has 1 aliphatic rings. The van der Waals surface area contributed by atoms with Crippen molar-refractivity contribution in [3.05, 3.63) is 77.3 Å². The van der Waals surface area contributed by atoms with Gasteiger partial charge >= 0.3 is 6.18 Å². The Morgan fingerprint density at radius 1 is 1.09 bits per heavy atom. The quantitative estimate of drug-likeness (QED) is 0.372. The lowest BCUT2D eigenvalue weighted by molar-refractivity contribution is -0.153. The number of hydrazone groups is 1. The van der Waals surface area contributed by atoms with Crippen LogP contribution < -0.4 is 4.74 Å². The summed E-state index contributed by atoms with van der Waals surface area (Å²) in [6.07, 6.45) is -2.88. The molecule has 0 unspecified atom stereocenters. The second kappa shape index (κ2) is 8.85. The molecule has 4 aromatic rings. The molecule has 1 aliphatic heterocycles. The molecule has 0 amide bonds. The lowest BCUT2D eigenvalue weighted by Crippen LogP contribution is -2.21. The zero-order chi connectivity index (χ0) is 24.6. The molecule has 1 N–H and O–H groups in total. The highest BCUT2D eigenvalue weighted by atomic mass is 19.4. The summed E-state index contributed by atoms with van der Waals surface area (Å²) in [5.41, 5.74) is 2.35. The van der Waals surface area contributed by atoms with Crippen molar-refractivity contribution in [2.24, 2.45) is 5.10 Å². The van der Waals surface area contributed by atoms with Gasteiger partial charge in [-0.1, -0.05) is 11.2 Å². The summed E-state index contributed by atoms with van der Waals surface area (Å²) < 4.78 is 74.6. The summed E-state index contributed by atoms with van der Waals surface area (Å²) in [7, 11) is 0. The van der Waals surface area contributed by atoms with E-state index < -0.39 is 24.4 Å². The summed E-state index contributed by atoms with van der Waals surface area (Å²) in [6, 6.07) is 11.6. The number of benzene rings is 2. The van der Waals surface area contributed by atoms with E-state index in [-0.39, 0.29) is 23.7 Å². The molecule has 7 nitrogen and oxygen atoms in total. The molecule has 2 aromatic carbocycles. The Morgan fingerprint density at radius 2 is 1.89 bits per heavy atom. The van der Waals surface area contributed by atoms with Crippen molar-refractivity contribution in [3.63, 3.8) is 0 Å². The molecule has 35 heavy (non-hydrogen) atoms. The SMILES string of the molecule is Fc1cccc(-c2nc3c([nH]2)C=NN(Cc2cc(-c4ccc(OCC(F)(F)F)cc4)no2)C3)c1F. The van der Waals surface area contributed by atoms with E-state index in [2.05, 4.69) is 20.2 Å². The lowest BCUT2D eigenvalue weighted by atomic mass is 10.1. The third-order valence-corrected chi connectivity index (χ3v) is 5.15. The molecule has 180 valence electrons. The van der Waals surface area contributed by atoms with E-state index in [0.717, 1.165) is 6.07 Å². The molecule has 2 aromatic heterocycles. The fourth-order valence-corrected chi connectivity index (χ4v) is 3.50. The summed E-state index contributed by atoms with van der Waals surface area (Å²) in [5, 5.41) is 9.98. The molecule has 0 bridgehead atoms. The third kappa shape index (κ3) is 5.00. The largest absolute Gasteiger partial charge is 0.484 e. The van der Waals surface area contributed by atoms with Gasteiger partial charge in [0, 0.05) is 11.6 Å². The predicted octanol–water partition coefficient (Wildman–Crippen LogP) is 5.30. The highest BCUT2D eigenvalue weighted by Gasteiger charge is 2.28. The van der Waals surface area contributed by atoms with Crippen molar-refractivity contribution >= 4 is 6.21 Å². The van der Waals surface area contributed by atoms with Crippen LogP contribution in [0.1, 0.15) is 17.1 Å². The van der Waals surface area contributed by atoms with Gasteiger partial charge in [-0.05, 0) is 36.4 Å². The van der Waals surface area contributed by atoms with Crippen molar-refractivity contribution in [2.75, 3.05) is 6.61 Å². The molecular formula is C23H16F5N5O2. The average Bonchev–Trinajstić information content (AvgIpc) is 3.46. The van der Waals surface area contributed by atoms with Crippen LogP contribution >= 0.6 is 0 Å². The molecule has 5 rings (SSSR count). The maximum Gasteiger partial charge on any atom is 0.422 e. The minimum Gasteiger partial charge on any atom is -0.484 e. The van der Waals surface area contributed by atoms with Gasteiger partial charge in [-0.2, -0.15) is 18.3 Å². The van der Waals surface area contributed by atoms with Crippen LogP contribution in [0.25, 0.3) is 22.6 Å². The van der Waals surface area contributed by atoms with Gasteiger partial charge in [0.05, 0.1) is 36.3 Å². The van der Waals surface area contributed by atoms with Crippen molar-refractivity contribution in [1.82, 2.24) is 20.1 Å². The maximum absolute atomic E-state index is 14.1. The number of H-pyrrole nitrogens is 1. The smallest absolute Gasteiger partial charge is 0.422 e. The number of aromatic nitrogens is 3. The van der Waals surface area contributed by atoms with Gasteiger partial charge in [0.1, 0.15) is 17.3 Å². The Morgan fingerprint density at radius 3 is 2.66 bits per heavy atom. The van der Waals surface area contributed by atoms with Crippen LogP contribution in [0.4, 0.5) is 22.0 Å². The highest BCUT2D eigenvalue weighted by molar-refractivity contribution is 5.80. The number of fused-ring (bicyclic) bond motifs is 1. The second-order valence-corrected chi connectivity index (χ2v) is 7.72. The Labute approximate surface area is 194 Å². The van der Waals surface area contributed by atoms with Crippen LogP contribution in [0.3, 0.4) is 0 Å². The maximum atomic E-state index is 14.1. The zero-order valence-corrected chi connectivity index (χ0v) is 17.8. The number of hydrogen-bond donors (Lipinski definition) is 1. The second-order valence-electron chi connectivity index (χ2n) is 7.72. The number of aromatic amines is 1. The number of rotatable bonds is 6. The Balaban J connectivity index is 1.24. The molecule has 0 saturated heterocycles. The molecule has 0 fully saturated rings. The number of ether oxygens (including phenoxy) is 1. The number of halogens is 5. The van der Waals surface area contributed by atoms with Crippen LogP contribution in [0, 0.1) is 11.6 Å². The van der Waals surface area contributed by atoms with Crippen LogP contribution in [-0.4, -0.2) is 39.1 Å². The van der Waals surface area contributed by atoms with Crippen molar-refractivity contribution in [3.8, 4) is 28.4 Å². The topological polar surface area (TPSA) is 79.5 Å².